The Morgan fingerprint density at radius 3 is 2.62 bits per heavy atom. The maximum atomic E-state index is 9.24. The zero-order valence-electron chi connectivity index (χ0n) is 10.4. The lowest BCUT2D eigenvalue weighted by molar-refractivity contribution is 0.187. The zero-order chi connectivity index (χ0) is 12.1. The number of aliphatic hydroxyl groups excluding tert-OH is 1. The van der Waals surface area contributed by atoms with Crippen molar-refractivity contribution >= 4 is 5.69 Å². The molecular weight excluding hydrogens is 200 g/mol. The minimum absolute atomic E-state index is 0.244. The first-order valence-corrected chi connectivity index (χ1v) is 5.73. The van der Waals surface area contributed by atoms with Crippen LogP contribution in [0.25, 0.3) is 0 Å². The van der Waals surface area contributed by atoms with Crippen LogP contribution in [-0.4, -0.2) is 24.8 Å². The molecule has 90 valence electrons. The van der Waals surface area contributed by atoms with Gasteiger partial charge in [0, 0.05) is 25.8 Å². The fourth-order valence-corrected chi connectivity index (χ4v) is 1.66. The third-order valence-electron chi connectivity index (χ3n) is 2.87. The maximum Gasteiger partial charge on any atom is 0.0528 e. The van der Waals surface area contributed by atoms with Gasteiger partial charge in [-0.2, -0.15) is 0 Å². The Kier molecular flexibility index (Phi) is 4.77. The molecule has 1 rings (SSSR count). The molecule has 1 aromatic carbocycles. The molecule has 16 heavy (non-hydrogen) atoms. The molecule has 1 atom stereocenters. The van der Waals surface area contributed by atoms with Crippen molar-refractivity contribution < 1.29 is 5.11 Å². The summed E-state index contributed by atoms with van der Waals surface area (Å²) in [6.07, 6.45) is 0.542. The molecule has 1 aromatic rings. The van der Waals surface area contributed by atoms with Gasteiger partial charge in [-0.25, -0.2) is 0 Å². The minimum Gasteiger partial charge on any atom is -0.393 e. The Labute approximate surface area is 97.9 Å². The standard InChI is InChI=1S/C13H22N2O/c1-10-8-13(5-4-12(10)9-14)15(3)7-6-11(2)16/h4-5,8,11,16H,6-7,9,14H2,1-3H3. The van der Waals surface area contributed by atoms with Gasteiger partial charge in [0.05, 0.1) is 6.10 Å². The van der Waals surface area contributed by atoms with E-state index in [0.29, 0.717) is 6.54 Å². The monoisotopic (exact) mass is 222 g/mol. The van der Waals surface area contributed by atoms with Crippen LogP contribution in [0.5, 0.6) is 0 Å². The van der Waals surface area contributed by atoms with Gasteiger partial charge in [-0.1, -0.05) is 6.07 Å². The van der Waals surface area contributed by atoms with Gasteiger partial charge in [-0.05, 0) is 43.5 Å². The van der Waals surface area contributed by atoms with Crippen LogP contribution in [-0.2, 0) is 6.54 Å². The molecule has 0 radical (unpaired) electrons. The molecule has 0 aliphatic rings. The fraction of sp³-hybridized carbons (Fsp3) is 0.538. The Morgan fingerprint density at radius 2 is 2.12 bits per heavy atom. The first-order chi connectivity index (χ1) is 7.54. The van der Waals surface area contributed by atoms with Crippen LogP contribution in [0, 0.1) is 6.92 Å². The van der Waals surface area contributed by atoms with Crippen molar-refractivity contribution in [1.29, 1.82) is 0 Å². The molecule has 0 heterocycles. The van der Waals surface area contributed by atoms with Gasteiger partial charge in [0.1, 0.15) is 0 Å². The summed E-state index contributed by atoms with van der Waals surface area (Å²) in [4.78, 5) is 2.15. The van der Waals surface area contributed by atoms with Crippen LogP contribution >= 0.6 is 0 Å². The van der Waals surface area contributed by atoms with E-state index >= 15 is 0 Å². The third kappa shape index (κ3) is 3.51. The third-order valence-corrected chi connectivity index (χ3v) is 2.87. The van der Waals surface area contributed by atoms with Crippen molar-refractivity contribution in [3.8, 4) is 0 Å². The van der Waals surface area contributed by atoms with E-state index in [1.165, 1.54) is 16.8 Å². The normalized spacial score (nSPS) is 12.6. The summed E-state index contributed by atoms with van der Waals surface area (Å²) in [6.45, 7) is 5.34. The second-order valence-electron chi connectivity index (χ2n) is 4.37. The second-order valence-corrected chi connectivity index (χ2v) is 4.37. The van der Waals surface area contributed by atoms with Gasteiger partial charge in [-0.3, -0.25) is 0 Å². The van der Waals surface area contributed by atoms with E-state index in [1.807, 2.05) is 14.0 Å². The van der Waals surface area contributed by atoms with Crippen molar-refractivity contribution in [2.75, 3.05) is 18.5 Å². The van der Waals surface area contributed by atoms with Crippen LogP contribution in [0.15, 0.2) is 18.2 Å². The first kappa shape index (κ1) is 13.0. The van der Waals surface area contributed by atoms with Crippen molar-refractivity contribution in [3.63, 3.8) is 0 Å². The van der Waals surface area contributed by atoms with Crippen LogP contribution in [0.2, 0.25) is 0 Å². The largest absolute Gasteiger partial charge is 0.393 e. The molecule has 0 amide bonds. The van der Waals surface area contributed by atoms with E-state index in [2.05, 4.69) is 30.0 Å². The highest BCUT2D eigenvalue weighted by molar-refractivity contribution is 5.50. The summed E-state index contributed by atoms with van der Waals surface area (Å²) < 4.78 is 0. The van der Waals surface area contributed by atoms with Crippen LogP contribution in [0.1, 0.15) is 24.5 Å². The molecule has 0 saturated carbocycles. The predicted octanol–water partition coefficient (Wildman–Crippen LogP) is 1.66. The number of rotatable bonds is 5. The Balaban J connectivity index is 2.69. The van der Waals surface area contributed by atoms with E-state index < -0.39 is 0 Å². The highest BCUT2D eigenvalue weighted by Crippen LogP contribution is 2.18. The van der Waals surface area contributed by atoms with Crippen molar-refractivity contribution in [1.82, 2.24) is 0 Å². The Bertz CT molecular complexity index is 337. The molecule has 1 unspecified atom stereocenters. The maximum absolute atomic E-state index is 9.24. The summed E-state index contributed by atoms with van der Waals surface area (Å²) in [6, 6.07) is 6.30. The molecule has 0 bridgehead atoms. The van der Waals surface area contributed by atoms with Crippen molar-refractivity contribution in [3.05, 3.63) is 29.3 Å². The van der Waals surface area contributed by atoms with Crippen LogP contribution in [0.3, 0.4) is 0 Å². The zero-order valence-corrected chi connectivity index (χ0v) is 10.4. The van der Waals surface area contributed by atoms with Gasteiger partial charge in [0.25, 0.3) is 0 Å². The summed E-state index contributed by atoms with van der Waals surface area (Å²) in [5.74, 6) is 0. The number of aliphatic hydroxyl groups is 1. The van der Waals surface area contributed by atoms with Crippen molar-refractivity contribution in [2.45, 2.75) is 32.9 Å². The number of aryl methyl sites for hydroxylation is 1. The van der Waals surface area contributed by atoms with E-state index in [0.717, 1.165) is 13.0 Å². The van der Waals surface area contributed by atoms with Crippen LogP contribution in [0.4, 0.5) is 5.69 Å². The van der Waals surface area contributed by atoms with Crippen molar-refractivity contribution in [2.24, 2.45) is 5.73 Å². The van der Waals surface area contributed by atoms with E-state index in [-0.39, 0.29) is 6.10 Å². The lowest BCUT2D eigenvalue weighted by Gasteiger charge is -2.21. The molecule has 0 aromatic heterocycles. The molecule has 0 aliphatic carbocycles. The summed E-state index contributed by atoms with van der Waals surface area (Å²) in [5, 5.41) is 9.24. The highest BCUT2D eigenvalue weighted by Gasteiger charge is 2.04. The SMILES string of the molecule is Cc1cc(N(C)CCC(C)O)ccc1CN. The molecule has 0 aliphatic heterocycles. The quantitative estimate of drug-likeness (QED) is 0.796. The summed E-state index contributed by atoms with van der Waals surface area (Å²) in [7, 11) is 2.04. The lowest BCUT2D eigenvalue weighted by Crippen LogP contribution is -2.22. The van der Waals surface area contributed by atoms with Gasteiger partial charge in [-0.15, -0.1) is 0 Å². The average Bonchev–Trinajstić information content (AvgIpc) is 2.25. The number of hydrogen-bond acceptors (Lipinski definition) is 3. The van der Waals surface area contributed by atoms with Gasteiger partial charge in [0.2, 0.25) is 0 Å². The van der Waals surface area contributed by atoms with Gasteiger partial charge in [0.15, 0.2) is 0 Å². The second kappa shape index (κ2) is 5.87. The molecular formula is C13H22N2O. The van der Waals surface area contributed by atoms with E-state index in [9.17, 15) is 5.11 Å². The van der Waals surface area contributed by atoms with Crippen LogP contribution < -0.4 is 10.6 Å². The molecule has 3 nitrogen and oxygen atoms in total. The summed E-state index contributed by atoms with van der Waals surface area (Å²) >= 11 is 0. The minimum atomic E-state index is -0.244. The topological polar surface area (TPSA) is 49.5 Å². The van der Waals surface area contributed by atoms with Gasteiger partial charge < -0.3 is 15.7 Å². The van der Waals surface area contributed by atoms with Gasteiger partial charge >= 0.3 is 0 Å². The highest BCUT2D eigenvalue weighted by atomic mass is 16.3. The molecule has 0 spiro atoms. The molecule has 3 N–H and O–H groups in total. The fourth-order valence-electron chi connectivity index (χ4n) is 1.66. The molecule has 3 heteroatoms. The molecule has 0 fully saturated rings. The number of hydrogen-bond donors (Lipinski definition) is 2. The number of nitrogens with two attached hydrogens (primary N) is 1. The summed E-state index contributed by atoms with van der Waals surface area (Å²) in [5.41, 5.74) is 9.22. The smallest absolute Gasteiger partial charge is 0.0528 e. The molecule has 0 saturated heterocycles. The number of nitrogens with zero attached hydrogens (tertiary/aromatic N) is 1. The lowest BCUT2D eigenvalue weighted by atomic mass is 10.1. The number of benzene rings is 1. The predicted molar refractivity (Wildman–Crippen MR) is 68.6 cm³/mol. The number of anilines is 1. The Morgan fingerprint density at radius 1 is 1.44 bits per heavy atom. The Hall–Kier alpha value is -1.06. The van der Waals surface area contributed by atoms with E-state index in [1.54, 1.807) is 0 Å². The average molecular weight is 222 g/mol. The van der Waals surface area contributed by atoms with E-state index in [4.69, 9.17) is 5.73 Å². The first-order valence-electron chi connectivity index (χ1n) is 5.73.